The molecule has 0 radical (unpaired) electrons. The molecule has 0 aliphatic carbocycles. The van der Waals surface area contributed by atoms with Crippen molar-refractivity contribution in [3.8, 4) is 21.6 Å². The van der Waals surface area contributed by atoms with E-state index in [0.717, 1.165) is 38.1 Å². The van der Waals surface area contributed by atoms with Gasteiger partial charge in [-0.3, -0.25) is 28.8 Å². The number of fused-ring (bicyclic) bond motifs is 1. The minimum Gasteiger partial charge on any atom is -0.391 e. The summed E-state index contributed by atoms with van der Waals surface area (Å²) in [6.07, 6.45) is 4.55. The number of aliphatic hydroxyl groups excluding tert-OH is 1. The van der Waals surface area contributed by atoms with Crippen LogP contribution in [0.3, 0.4) is 0 Å². The van der Waals surface area contributed by atoms with Crippen molar-refractivity contribution in [3.63, 3.8) is 0 Å². The van der Waals surface area contributed by atoms with Gasteiger partial charge in [-0.15, -0.1) is 11.3 Å². The number of nitrogens with zero attached hydrogens (tertiary/aromatic N) is 8. The fourth-order valence-corrected chi connectivity index (χ4v) is 11.9. The summed E-state index contributed by atoms with van der Waals surface area (Å²) >= 11 is 1.57. The van der Waals surface area contributed by atoms with Crippen molar-refractivity contribution in [1.29, 1.82) is 0 Å². The maximum atomic E-state index is 15.8. The fourth-order valence-electron chi connectivity index (χ4n) is 9.81. The molecule has 24 heteroatoms. The largest absolute Gasteiger partial charge is 0.391 e. The molecular weight excluding hydrogens is 1040 g/mol. The highest BCUT2D eigenvalue weighted by Gasteiger charge is 2.44. The number of carbonyl (C=O) groups is 4. The van der Waals surface area contributed by atoms with Crippen molar-refractivity contribution in [1.82, 2.24) is 44.3 Å². The lowest BCUT2D eigenvalue weighted by Gasteiger charge is -2.35. The molecule has 0 saturated carbocycles. The van der Waals surface area contributed by atoms with Crippen LogP contribution < -0.4 is 14.9 Å². The molecule has 0 unspecified atom stereocenters. The van der Waals surface area contributed by atoms with Crippen LogP contribution in [0.5, 0.6) is 0 Å². The van der Waals surface area contributed by atoms with Crippen molar-refractivity contribution < 1.29 is 50.6 Å². The highest BCUT2D eigenvalue weighted by atomic mass is 32.2. The van der Waals surface area contributed by atoms with Crippen LogP contribution in [-0.2, 0) is 35.8 Å². The number of rotatable bonds is 19. The van der Waals surface area contributed by atoms with Crippen LogP contribution in [0.1, 0.15) is 67.2 Å². The summed E-state index contributed by atoms with van der Waals surface area (Å²) < 4.78 is 78.9. The first kappa shape index (κ1) is 55.1. The number of alkyl halides is 1. The number of Topliss-reactive ketones (excluding diaryl/α,β-unsaturated/α-hetero) is 1. The number of hydrogen-bond acceptors (Lipinski definition) is 15. The van der Waals surface area contributed by atoms with Gasteiger partial charge in [0.25, 0.3) is 0 Å². The van der Waals surface area contributed by atoms with E-state index in [2.05, 4.69) is 35.1 Å². The number of aryl methyl sites for hydroxylation is 2. The Kier molecular flexibility index (Phi) is 16.5. The summed E-state index contributed by atoms with van der Waals surface area (Å²) in [5.74, 6) is -4.26. The second-order valence-corrected chi connectivity index (χ2v) is 23.2. The van der Waals surface area contributed by atoms with E-state index in [1.165, 1.54) is 17.3 Å². The second-order valence-electron chi connectivity index (χ2n) is 20.6. The van der Waals surface area contributed by atoms with E-state index in [-0.39, 0.29) is 67.9 Å². The molecule has 3 fully saturated rings. The van der Waals surface area contributed by atoms with Gasteiger partial charge in [0.1, 0.15) is 30.3 Å². The molecule has 0 spiro atoms. The average molecular weight is 1100 g/mol. The molecule has 19 nitrogen and oxygen atoms in total. The third kappa shape index (κ3) is 12.5. The van der Waals surface area contributed by atoms with Crippen molar-refractivity contribution in [2.45, 2.75) is 77.7 Å². The predicted octanol–water partition coefficient (Wildman–Crippen LogP) is 5.49. The molecule has 9 rings (SSSR count). The zero-order valence-corrected chi connectivity index (χ0v) is 44.6. The summed E-state index contributed by atoms with van der Waals surface area (Å²) in [6, 6.07) is 9.47. The lowest BCUT2D eigenvalue weighted by Crippen LogP contribution is -2.57. The third-order valence-corrected chi connectivity index (χ3v) is 16.6. The number of thiazole rings is 1. The van der Waals surface area contributed by atoms with Gasteiger partial charge in [0.2, 0.25) is 23.5 Å². The van der Waals surface area contributed by atoms with Gasteiger partial charge < -0.3 is 29.9 Å². The maximum absolute atomic E-state index is 15.8. The van der Waals surface area contributed by atoms with Crippen LogP contribution in [0, 0.1) is 24.0 Å². The number of carbonyl (C=O) groups excluding carboxylic acids is 4. The lowest BCUT2D eigenvalue weighted by molar-refractivity contribution is -0.144. The Morgan fingerprint density at radius 3 is 2.34 bits per heavy atom. The third-order valence-electron chi connectivity index (χ3n) is 14.2. The molecule has 4 N–H and O–H groups in total. The second kappa shape index (κ2) is 23.1. The average Bonchev–Trinajstić information content (AvgIpc) is 4.27. The Morgan fingerprint density at radius 1 is 0.935 bits per heavy atom. The van der Waals surface area contributed by atoms with Gasteiger partial charge in [0, 0.05) is 112 Å². The number of aliphatic hydroxyl groups is 1. The predicted molar refractivity (Wildman–Crippen MR) is 283 cm³/mol. The number of piperazine rings is 1. The minimum atomic E-state index is -4.39. The number of ketones is 2. The van der Waals surface area contributed by atoms with Crippen molar-refractivity contribution >= 4 is 67.6 Å². The highest BCUT2D eigenvalue weighted by molar-refractivity contribution is 7.90. The summed E-state index contributed by atoms with van der Waals surface area (Å²) in [6.45, 7) is 9.94. The number of halogens is 3. The number of aromatic nitrogens is 5. The number of hydrogen-bond donors (Lipinski definition) is 4. The van der Waals surface area contributed by atoms with E-state index >= 15 is 8.78 Å². The molecular formula is C53H60F3N11O8S2. The molecule has 2 aromatic carbocycles. The number of likely N-dealkylation sites (tertiary alicyclic amines) is 1. The first-order valence-corrected chi connectivity index (χ1v) is 27.6. The van der Waals surface area contributed by atoms with Gasteiger partial charge in [-0.25, -0.2) is 33.1 Å². The molecule has 3 aliphatic rings. The van der Waals surface area contributed by atoms with Crippen LogP contribution in [0.2, 0.25) is 0 Å². The molecule has 4 atom stereocenters. The van der Waals surface area contributed by atoms with Gasteiger partial charge in [-0.2, -0.15) is 12.7 Å². The normalized spacial score (nSPS) is 19.0. The minimum absolute atomic E-state index is 0.00500. The number of amides is 2. The van der Waals surface area contributed by atoms with Gasteiger partial charge in [-0.1, -0.05) is 45.0 Å². The van der Waals surface area contributed by atoms with E-state index in [1.807, 2.05) is 67.1 Å². The number of H-pyrrole nitrogens is 1. The monoisotopic (exact) mass is 1100 g/mol. The van der Waals surface area contributed by atoms with Crippen molar-refractivity contribution in [2.75, 3.05) is 75.2 Å². The van der Waals surface area contributed by atoms with Crippen LogP contribution in [-0.4, -0.2) is 166 Å². The van der Waals surface area contributed by atoms with Gasteiger partial charge in [-0.05, 0) is 54.5 Å². The number of β-amino-alcohol motifs (C(OH)–C–C–N with tert-alkyl or cyclic N) is 1. The number of aromatic amines is 1. The van der Waals surface area contributed by atoms with E-state index < -0.39 is 87.0 Å². The van der Waals surface area contributed by atoms with Crippen molar-refractivity contribution in [2.24, 2.45) is 5.41 Å². The molecule has 0 bridgehead atoms. The Balaban J connectivity index is 0.735. The Bertz CT molecular complexity index is 3260. The quantitative estimate of drug-likeness (QED) is 0.0580. The molecule has 7 heterocycles. The molecule has 2 amide bonds. The Labute approximate surface area is 447 Å². The first-order chi connectivity index (χ1) is 36.7. The first-order valence-electron chi connectivity index (χ1n) is 25.3. The number of pyridine rings is 1. The standard InChI is InChI=1S/C53H60F3N11O8S2/c1-31-48(76-30-61-31)33-8-5-32(6-9-33)7-12-43(69)42-22-37(68)28-67(42)51(72)49(53(2,3)4)62-44(70)29-75-20-19-64-15-17-65(18-16-64)52-59-24-35(25-60-52)34-21-38-39(26-58-50(38)57-23-34)47(71)45-40(55)10-11-41(46(45)56)63-77(73,74)66-14-13-36(54)27-66/h5-6,8-11,21,23-26,30,36-37,42,49,63,68H,7,12-20,22,27-29H2,1-4H3,(H,57,58)(H,62,70)/t36-,37-,42+,49-/m1/s1. The molecule has 6 aromatic rings. The number of anilines is 2. The molecule has 77 heavy (non-hydrogen) atoms. The highest BCUT2D eigenvalue weighted by Crippen LogP contribution is 2.32. The zero-order chi connectivity index (χ0) is 54.8. The zero-order valence-electron chi connectivity index (χ0n) is 43.0. The molecule has 4 aromatic heterocycles. The van der Waals surface area contributed by atoms with E-state index in [9.17, 15) is 37.1 Å². The van der Waals surface area contributed by atoms with Crippen LogP contribution in [0.4, 0.5) is 24.8 Å². The molecule has 3 saturated heterocycles. The van der Waals surface area contributed by atoms with Crippen LogP contribution >= 0.6 is 11.3 Å². The fraction of sp³-hybridized carbons (Fsp3) is 0.434. The number of nitrogens with one attached hydrogen (secondary N) is 3. The van der Waals surface area contributed by atoms with Gasteiger partial charge in [0.15, 0.2) is 11.6 Å². The molecule has 408 valence electrons. The van der Waals surface area contributed by atoms with Gasteiger partial charge >= 0.3 is 10.2 Å². The summed E-state index contributed by atoms with van der Waals surface area (Å²) in [5, 5.41) is 13.7. The summed E-state index contributed by atoms with van der Waals surface area (Å²) in [5.41, 5.74) is 3.65. The number of benzene rings is 2. The van der Waals surface area contributed by atoms with Crippen LogP contribution in [0.15, 0.2) is 72.8 Å². The SMILES string of the molecule is Cc1ncsc1-c1ccc(CCC(=O)[C@@H]2C[C@@H](O)CN2C(=O)[C@@H](NC(=O)COCCN2CCN(c3ncc(-c4cnc5[nH]cc(C(=O)c6c(F)ccc(NS(=O)(=O)N7CC[C@@H](F)C7)c6F)c5c4)cn3)CC2)C(C)(C)C)cc1. The smallest absolute Gasteiger partial charge is 0.301 e. The Hall–Kier alpha value is -6.70. The van der Waals surface area contributed by atoms with E-state index in [4.69, 9.17) is 4.74 Å². The number of ether oxygens (including phenoxy) is 1. The van der Waals surface area contributed by atoms with Crippen molar-refractivity contribution in [3.05, 3.63) is 107 Å². The van der Waals surface area contributed by atoms with E-state index in [0.29, 0.717) is 56.2 Å². The van der Waals surface area contributed by atoms with Gasteiger partial charge in [0.05, 0.1) is 46.1 Å². The lowest BCUT2D eigenvalue weighted by atomic mass is 9.85. The topological polar surface area (TPSA) is 236 Å². The summed E-state index contributed by atoms with van der Waals surface area (Å²) in [7, 11) is -4.39. The van der Waals surface area contributed by atoms with E-state index in [1.54, 1.807) is 29.8 Å². The Morgan fingerprint density at radius 2 is 1.66 bits per heavy atom. The van der Waals surface area contributed by atoms with Crippen LogP contribution in [0.25, 0.3) is 32.6 Å². The molecule has 3 aliphatic heterocycles. The summed E-state index contributed by atoms with van der Waals surface area (Å²) in [4.78, 5) is 82.1. The maximum Gasteiger partial charge on any atom is 0.301 e.